The molecule has 0 spiro atoms. The molecule has 1 amide bonds. The lowest BCUT2D eigenvalue weighted by molar-refractivity contribution is 0.0612. The molecule has 1 aromatic carbocycles. The van der Waals surface area contributed by atoms with Crippen LogP contribution in [-0.2, 0) is 0 Å². The summed E-state index contributed by atoms with van der Waals surface area (Å²) in [5.41, 5.74) is 2.30. The van der Waals surface area contributed by atoms with E-state index in [1.807, 2.05) is 35.2 Å². The first-order chi connectivity index (χ1) is 13.2. The lowest BCUT2D eigenvalue weighted by Crippen LogP contribution is -2.49. The number of nitrogens with one attached hydrogen (secondary N) is 1. The van der Waals surface area contributed by atoms with Crippen LogP contribution in [0.25, 0.3) is 11.3 Å². The number of hydrogen-bond acceptors (Lipinski definition) is 4. The summed E-state index contributed by atoms with van der Waals surface area (Å²) in [5.74, 6) is 1.72. The van der Waals surface area contributed by atoms with E-state index in [0.29, 0.717) is 5.69 Å². The molecule has 2 heterocycles. The van der Waals surface area contributed by atoms with Crippen LogP contribution in [0.2, 0.25) is 0 Å². The van der Waals surface area contributed by atoms with Crippen molar-refractivity contribution in [1.82, 2.24) is 20.0 Å². The van der Waals surface area contributed by atoms with E-state index in [1.165, 1.54) is 32.2 Å². The smallest absolute Gasteiger partial charge is 0.271 e. The van der Waals surface area contributed by atoms with E-state index in [0.717, 1.165) is 49.1 Å². The lowest BCUT2D eigenvalue weighted by atomic mass is 10.1. The van der Waals surface area contributed by atoms with Crippen molar-refractivity contribution in [2.75, 3.05) is 39.8 Å². The molecule has 1 aliphatic carbocycles. The Kier molecular flexibility index (Phi) is 5.43. The molecule has 1 N–H and O–H groups in total. The third-order valence-corrected chi connectivity index (χ3v) is 5.84. The first kappa shape index (κ1) is 18.0. The number of H-pyrrole nitrogens is 1. The zero-order valence-electron chi connectivity index (χ0n) is 16.0. The van der Waals surface area contributed by atoms with E-state index in [4.69, 9.17) is 4.74 Å². The molecule has 0 radical (unpaired) electrons. The zero-order valence-corrected chi connectivity index (χ0v) is 16.0. The quantitative estimate of drug-likeness (QED) is 0.881. The molecule has 144 valence electrons. The predicted molar refractivity (Wildman–Crippen MR) is 105 cm³/mol. The number of rotatable bonds is 5. The van der Waals surface area contributed by atoms with Gasteiger partial charge in [-0.15, -0.1) is 0 Å². The Bertz CT molecular complexity index is 757. The Morgan fingerprint density at radius 3 is 2.52 bits per heavy atom. The van der Waals surface area contributed by atoms with Crippen LogP contribution in [0.3, 0.4) is 0 Å². The number of hydrogen-bond donors (Lipinski definition) is 1. The molecule has 6 heteroatoms. The molecule has 0 unspecified atom stereocenters. The molecule has 6 nitrogen and oxygen atoms in total. The third-order valence-electron chi connectivity index (χ3n) is 5.84. The standard InChI is InChI=1S/C21H28N4O2/c1-27-18-8-6-17(7-9-18)19-14-20(23-22-19)21(26)25-12-10-24(11-13-25)15-16-4-2-3-5-16/h6-9,14,16H,2-5,10-13,15H2,1H3,(H,22,23). The number of aromatic amines is 1. The average Bonchev–Trinajstić information content (AvgIpc) is 3.40. The predicted octanol–water partition coefficient (Wildman–Crippen LogP) is 3.03. The fourth-order valence-electron chi connectivity index (χ4n) is 4.20. The van der Waals surface area contributed by atoms with Crippen molar-refractivity contribution in [1.29, 1.82) is 0 Å². The highest BCUT2D eigenvalue weighted by molar-refractivity contribution is 5.93. The van der Waals surface area contributed by atoms with E-state index >= 15 is 0 Å². The first-order valence-corrected chi connectivity index (χ1v) is 9.94. The molecular weight excluding hydrogens is 340 g/mol. The van der Waals surface area contributed by atoms with E-state index in [-0.39, 0.29) is 5.91 Å². The Morgan fingerprint density at radius 2 is 1.85 bits per heavy atom. The molecule has 2 aliphatic rings. The Morgan fingerprint density at radius 1 is 1.15 bits per heavy atom. The van der Waals surface area contributed by atoms with Crippen molar-refractivity contribution in [3.05, 3.63) is 36.0 Å². The largest absolute Gasteiger partial charge is 0.497 e. The normalized spacial score (nSPS) is 18.8. The lowest BCUT2D eigenvalue weighted by Gasteiger charge is -2.35. The van der Waals surface area contributed by atoms with Crippen molar-refractivity contribution >= 4 is 5.91 Å². The summed E-state index contributed by atoms with van der Waals surface area (Å²) >= 11 is 0. The number of carbonyl (C=O) groups excluding carboxylic acids is 1. The van der Waals surface area contributed by atoms with Crippen LogP contribution in [0.5, 0.6) is 5.75 Å². The maximum absolute atomic E-state index is 12.8. The second kappa shape index (κ2) is 8.13. The van der Waals surface area contributed by atoms with Gasteiger partial charge in [0.1, 0.15) is 11.4 Å². The van der Waals surface area contributed by atoms with E-state index < -0.39 is 0 Å². The molecule has 1 aromatic heterocycles. The number of piperazine rings is 1. The second-order valence-electron chi connectivity index (χ2n) is 7.64. The van der Waals surface area contributed by atoms with Crippen molar-refractivity contribution < 1.29 is 9.53 Å². The van der Waals surface area contributed by atoms with Crippen LogP contribution >= 0.6 is 0 Å². The van der Waals surface area contributed by atoms with Crippen molar-refractivity contribution in [3.8, 4) is 17.0 Å². The minimum absolute atomic E-state index is 0.0442. The van der Waals surface area contributed by atoms with Crippen molar-refractivity contribution in [2.45, 2.75) is 25.7 Å². The van der Waals surface area contributed by atoms with Gasteiger partial charge < -0.3 is 9.64 Å². The molecule has 27 heavy (non-hydrogen) atoms. The highest BCUT2D eigenvalue weighted by Crippen LogP contribution is 2.26. The van der Waals surface area contributed by atoms with Gasteiger partial charge in [-0.05, 0) is 49.1 Å². The van der Waals surface area contributed by atoms with E-state index in [1.54, 1.807) is 7.11 Å². The maximum atomic E-state index is 12.8. The first-order valence-electron chi connectivity index (χ1n) is 9.94. The van der Waals surface area contributed by atoms with Crippen molar-refractivity contribution in [3.63, 3.8) is 0 Å². The second-order valence-corrected chi connectivity index (χ2v) is 7.64. The molecule has 4 rings (SSSR count). The summed E-state index contributed by atoms with van der Waals surface area (Å²) in [6.45, 7) is 4.74. The number of methoxy groups -OCH3 is 1. The fraction of sp³-hybridized carbons (Fsp3) is 0.524. The van der Waals surface area contributed by atoms with E-state index in [9.17, 15) is 4.79 Å². The number of amides is 1. The summed E-state index contributed by atoms with van der Waals surface area (Å²) in [7, 11) is 1.65. The summed E-state index contributed by atoms with van der Waals surface area (Å²) in [4.78, 5) is 17.3. The fourth-order valence-corrected chi connectivity index (χ4v) is 4.20. The van der Waals surface area contributed by atoms with Gasteiger partial charge in [-0.3, -0.25) is 14.8 Å². The molecule has 0 bridgehead atoms. The van der Waals surface area contributed by atoms with Crippen LogP contribution in [0.15, 0.2) is 30.3 Å². The Balaban J connectivity index is 1.34. The van der Waals surface area contributed by atoms with Crippen LogP contribution in [-0.4, -0.2) is 65.7 Å². The van der Waals surface area contributed by atoms with Gasteiger partial charge in [0.15, 0.2) is 0 Å². The third kappa shape index (κ3) is 4.16. The van der Waals surface area contributed by atoms with Gasteiger partial charge in [0.2, 0.25) is 0 Å². The summed E-state index contributed by atoms with van der Waals surface area (Å²) in [6.07, 6.45) is 5.53. The van der Waals surface area contributed by atoms with Gasteiger partial charge in [0.25, 0.3) is 5.91 Å². The van der Waals surface area contributed by atoms with Crippen LogP contribution < -0.4 is 4.74 Å². The monoisotopic (exact) mass is 368 g/mol. The minimum Gasteiger partial charge on any atom is -0.497 e. The van der Waals surface area contributed by atoms with Gasteiger partial charge in [-0.1, -0.05) is 12.8 Å². The maximum Gasteiger partial charge on any atom is 0.271 e. The number of ether oxygens (including phenoxy) is 1. The summed E-state index contributed by atoms with van der Waals surface area (Å²) in [5, 5.41) is 7.23. The zero-order chi connectivity index (χ0) is 18.6. The number of benzene rings is 1. The van der Waals surface area contributed by atoms with Gasteiger partial charge in [0, 0.05) is 38.3 Å². The summed E-state index contributed by atoms with van der Waals surface area (Å²) < 4.78 is 5.19. The highest BCUT2D eigenvalue weighted by Gasteiger charge is 2.26. The molecule has 0 atom stereocenters. The molecular formula is C21H28N4O2. The van der Waals surface area contributed by atoms with Crippen LogP contribution in [0.4, 0.5) is 0 Å². The highest BCUT2D eigenvalue weighted by atomic mass is 16.5. The van der Waals surface area contributed by atoms with Gasteiger partial charge >= 0.3 is 0 Å². The SMILES string of the molecule is COc1ccc(-c2cc(C(=O)N3CCN(CC4CCCC4)CC3)[nH]n2)cc1. The van der Waals surface area contributed by atoms with Crippen LogP contribution in [0.1, 0.15) is 36.2 Å². The van der Waals surface area contributed by atoms with Crippen molar-refractivity contribution in [2.24, 2.45) is 5.92 Å². The average molecular weight is 368 g/mol. The number of nitrogens with zero attached hydrogens (tertiary/aromatic N) is 3. The van der Waals surface area contributed by atoms with Crippen LogP contribution in [0, 0.1) is 5.92 Å². The van der Waals surface area contributed by atoms with Gasteiger partial charge in [0.05, 0.1) is 12.8 Å². The molecule has 1 saturated carbocycles. The topological polar surface area (TPSA) is 61.5 Å². The van der Waals surface area contributed by atoms with E-state index in [2.05, 4.69) is 15.1 Å². The summed E-state index contributed by atoms with van der Waals surface area (Å²) in [6, 6.07) is 9.54. The number of aromatic nitrogens is 2. The Hall–Kier alpha value is -2.34. The minimum atomic E-state index is 0.0442. The van der Waals surface area contributed by atoms with Gasteiger partial charge in [-0.2, -0.15) is 5.10 Å². The Labute approximate surface area is 160 Å². The molecule has 1 aliphatic heterocycles. The van der Waals surface area contributed by atoms with Gasteiger partial charge in [-0.25, -0.2) is 0 Å². The molecule has 2 aromatic rings. The molecule has 1 saturated heterocycles. The molecule has 2 fully saturated rings. The number of carbonyl (C=O) groups is 1.